The van der Waals surface area contributed by atoms with Gasteiger partial charge >= 0.3 is 5.97 Å². The summed E-state index contributed by atoms with van der Waals surface area (Å²) < 4.78 is 12.1. The van der Waals surface area contributed by atoms with Gasteiger partial charge < -0.3 is 9.47 Å². The molecule has 1 saturated heterocycles. The number of nitrogens with zero attached hydrogens (tertiary/aromatic N) is 2. The van der Waals surface area contributed by atoms with Gasteiger partial charge in [0.05, 0.1) is 12.3 Å². The smallest absolute Gasteiger partial charge is 0.341 e. The van der Waals surface area contributed by atoms with Crippen molar-refractivity contribution in [1.82, 2.24) is 9.78 Å². The third-order valence-electron chi connectivity index (χ3n) is 2.96. The minimum atomic E-state index is -0.276. The lowest BCUT2D eigenvalue weighted by Crippen LogP contribution is -2.17. The van der Waals surface area contributed by atoms with E-state index in [-0.39, 0.29) is 5.97 Å². The van der Waals surface area contributed by atoms with E-state index in [0.717, 1.165) is 31.7 Å². The Balaban J connectivity index is 2.22. The number of carbonyl (C=O) groups excluding carboxylic acids is 1. The molecule has 1 aliphatic rings. The second-order valence-corrected chi connectivity index (χ2v) is 4.21. The van der Waals surface area contributed by atoms with Crippen LogP contribution in [0.15, 0.2) is 6.20 Å². The minimum absolute atomic E-state index is 0.276. The quantitative estimate of drug-likeness (QED) is 0.749. The van der Waals surface area contributed by atoms with Crippen LogP contribution in [0, 0.1) is 0 Å². The lowest BCUT2D eigenvalue weighted by Gasteiger charge is -2.20. The third-order valence-corrected chi connectivity index (χ3v) is 2.96. The number of aromatic nitrogens is 2. The zero-order valence-corrected chi connectivity index (χ0v) is 10.3. The fourth-order valence-electron chi connectivity index (χ4n) is 2.14. The van der Waals surface area contributed by atoms with Crippen LogP contribution in [0.2, 0.25) is 0 Å². The van der Waals surface area contributed by atoms with Crippen LogP contribution in [0.25, 0.3) is 0 Å². The van der Waals surface area contributed by atoms with E-state index in [2.05, 4.69) is 5.10 Å². The topological polar surface area (TPSA) is 53.4 Å². The summed E-state index contributed by atoms with van der Waals surface area (Å²) in [7, 11) is 1.82. The van der Waals surface area contributed by atoms with Gasteiger partial charge in [0.2, 0.25) is 0 Å². The van der Waals surface area contributed by atoms with Crippen molar-refractivity contribution >= 4 is 5.97 Å². The van der Waals surface area contributed by atoms with Crippen molar-refractivity contribution in [2.45, 2.75) is 25.7 Å². The predicted molar refractivity (Wildman–Crippen MR) is 62.0 cm³/mol. The Hall–Kier alpha value is -1.36. The van der Waals surface area contributed by atoms with E-state index in [1.165, 1.54) is 0 Å². The van der Waals surface area contributed by atoms with Crippen molar-refractivity contribution in [3.63, 3.8) is 0 Å². The van der Waals surface area contributed by atoms with E-state index in [4.69, 9.17) is 9.47 Å². The molecule has 2 rings (SSSR count). The monoisotopic (exact) mass is 238 g/mol. The van der Waals surface area contributed by atoms with Gasteiger partial charge in [-0.25, -0.2) is 4.79 Å². The molecule has 5 nitrogen and oxygen atoms in total. The minimum Gasteiger partial charge on any atom is -0.462 e. The Morgan fingerprint density at radius 3 is 2.94 bits per heavy atom. The van der Waals surface area contributed by atoms with Crippen LogP contribution < -0.4 is 0 Å². The molecule has 2 heterocycles. The number of esters is 1. The van der Waals surface area contributed by atoms with Gasteiger partial charge in [0, 0.05) is 32.4 Å². The molecule has 0 spiro atoms. The average molecular weight is 238 g/mol. The van der Waals surface area contributed by atoms with Crippen molar-refractivity contribution < 1.29 is 14.3 Å². The molecular formula is C12H18N2O3. The van der Waals surface area contributed by atoms with E-state index in [1.807, 2.05) is 14.0 Å². The van der Waals surface area contributed by atoms with Crippen molar-refractivity contribution in [2.75, 3.05) is 19.8 Å². The Morgan fingerprint density at radius 1 is 1.59 bits per heavy atom. The van der Waals surface area contributed by atoms with E-state index in [1.54, 1.807) is 10.9 Å². The highest BCUT2D eigenvalue weighted by atomic mass is 16.5. The average Bonchev–Trinajstić information content (AvgIpc) is 2.73. The molecule has 0 N–H and O–H groups in total. The van der Waals surface area contributed by atoms with Crippen LogP contribution in [-0.2, 0) is 16.5 Å². The number of hydrogen-bond acceptors (Lipinski definition) is 4. The maximum absolute atomic E-state index is 11.8. The molecule has 1 fully saturated rings. The van der Waals surface area contributed by atoms with Crippen LogP contribution in [0.5, 0.6) is 0 Å². The standard InChI is InChI=1S/C12H18N2O3/c1-3-17-12(15)10-8-14(2)13-11(10)9-4-6-16-7-5-9/h8-9H,3-7H2,1-2H3. The van der Waals surface area contributed by atoms with Crippen LogP contribution in [-0.4, -0.2) is 35.6 Å². The molecule has 17 heavy (non-hydrogen) atoms. The van der Waals surface area contributed by atoms with Crippen LogP contribution in [0.3, 0.4) is 0 Å². The van der Waals surface area contributed by atoms with Crippen molar-refractivity contribution in [3.8, 4) is 0 Å². The van der Waals surface area contributed by atoms with E-state index < -0.39 is 0 Å². The molecule has 0 saturated carbocycles. The third kappa shape index (κ3) is 2.66. The molecule has 0 atom stereocenters. The molecule has 94 valence electrons. The molecule has 0 unspecified atom stereocenters. The van der Waals surface area contributed by atoms with Crippen molar-refractivity contribution in [3.05, 3.63) is 17.5 Å². The van der Waals surface area contributed by atoms with Crippen LogP contribution in [0.4, 0.5) is 0 Å². The Morgan fingerprint density at radius 2 is 2.29 bits per heavy atom. The van der Waals surface area contributed by atoms with Gasteiger partial charge in [-0.15, -0.1) is 0 Å². The number of rotatable bonds is 3. The largest absolute Gasteiger partial charge is 0.462 e. The Labute approximate surface area is 101 Å². The molecule has 0 aromatic carbocycles. The fourth-order valence-corrected chi connectivity index (χ4v) is 2.14. The zero-order valence-electron chi connectivity index (χ0n) is 10.3. The number of ether oxygens (including phenoxy) is 2. The molecule has 5 heteroatoms. The maximum Gasteiger partial charge on any atom is 0.341 e. The van der Waals surface area contributed by atoms with Crippen molar-refractivity contribution in [2.24, 2.45) is 7.05 Å². The first kappa shape index (κ1) is 12.1. The van der Waals surface area contributed by atoms with Crippen LogP contribution >= 0.6 is 0 Å². The van der Waals surface area contributed by atoms with Gasteiger partial charge in [0.1, 0.15) is 5.56 Å². The van der Waals surface area contributed by atoms with E-state index in [0.29, 0.717) is 18.1 Å². The number of carbonyl (C=O) groups is 1. The molecule has 1 aromatic heterocycles. The lowest BCUT2D eigenvalue weighted by atomic mass is 9.94. The summed E-state index contributed by atoms with van der Waals surface area (Å²) in [4.78, 5) is 11.8. The fraction of sp³-hybridized carbons (Fsp3) is 0.667. The van der Waals surface area contributed by atoms with Gasteiger partial charge in [-0.3, -0.25) is 4.68 Å². The first-order chi connectivity index (χ1) is 8.22. The second kappa shape index (κ2) is 5.31. The van der Waals surface area contributed by atoms with Gasteiger partial charge in [0.25, 0.3) is 0 Å². The Bertz CT molecular complexity index is 394. The molecule has 1 aliphatic heterocycles. The summed E-state index contributed by atoms with van der Waals surface area (Å²) >= 11 is 0. The number of aryl methyl sites for hydroxylation is 1. The predicted octanol–water partition coefficient (Wildman–Crippen LogP) is 1.49. The normalized spacial score (nSPS) is 17.1. The lowest BCUT2D eigenvalue weighted by molar-refractivity contribution is 0.0519. The molecule has 1 aromatic rings. The molecular weight excluding hydrogens is 220 g/mol. The molecule has 0 aliphatic carbocycles. The highest BCUT2D eigenvalue weighted by Gasteiger charge is 2.25. The molecule has 0 amide bonds. The summed E-state index contributed by atoms with van der Waals surface area (Å²) in [6.07, 6.45) is 3.58. The van der Waals surface area contributed by atoms with E-state index >= 15 is 0 Å². The first-order valence-electron chi connectivity index (χ1n) is 6.00. The molecule has 0 bridgehead atoms. The second-order valence-electron chi connectivity index (χ2n) is 4.21. The summed E-state index contributed by atoms with van der Waals surface area (Å²) in [5.74, 6) is 0.0337. The SMILES string of the molecule is CCOC(=O)c1cn(C)nc1C1CCOCC1. The first-order valence-corrected chi connectivity index (χ1v) is 6.00. The van der Waals surface area contributed by atoms with Gasteiger partial charge in [-0.1, -0.05) is 0 Å². The highest BCUT2D eigenvalue weighted by Crippen LogP contribution is 2.28. The Kier molecular flexibility index (Phi) is 3.78. The number of hydrogen-bond donors (Lipinski definition) is 0. The van der Waals surface area contributed by atoms with Gasteiger partial charge in [-0.2, -0.15) is 5.10 Å². The van der Waals surface area contributed by atoms with Crippen LogP contribution in [0.1, 0.15) is 41.7 Å². The summed E-state index contributed by atoms with van der Waals surface area (Å²) in [5.41, 5.74) is 1.45. The van der Waals surface area contributed by atoms with Crippen molar-refractivity contribution in [1.29, 1.82) is 0 Å². The highest BCUT2D eigenvalue weighted by molar-refractivity contribution is 5.90. The van der Waals surface area contributed by atoms with Gasteiger partial charge in [0.15, 0.2) is 0 Å². The summed E-state index contributed by atoms with van der Waals surface area (Å²) in [6.45, 7) is 3.68. The summed E-state index contributed by atoms with van der Waals surface area (Å²) in [5, 5.41) is 4.40. The van der Waals surface area contributed by atoms with Gasteiger partial charge in [-0.05, 0) is 19.8 Å². The molecule has 0 radical (unpaired) electrons. The van der Waals surface area contributed by atoms with E-state index in [9.17, 15) is 4.79 Å². The summed E-state index contributed by atoms with van der Waals surface area (Å²) in [6, 6.07) is 0. The maximum atomic E-state index is 11.8. The zero-order chi connectivity index (χ0) is 12.3.